The second-order valence-electron chi connectivity index (χ2n) is 2.50. The average molecular weight is 274 g/mol. The standard InChI is InChI=1S/C7H7IN4/c1-5-2-3-12-6(5)7(11-8)9-4-10-12/h2-4H,1H3,(H,9,10,11). The van der Waals surface area contributed by atoms with Crippen LogP contribution in [-0.2, 0) is 0 Å². The van der Waals surface area contributed by atoms with Gasteiger partial charge in [0.05, 0.1) is 22.9 Å². The van der Waals surface area contributed by atoms with Crippen LogP contribution in [0.15, 0.2) is 18.6 Å². The van der Waals surface area contributed by atoms with Crippen LogP contribution in [-0.4, -0.2) is 14.6 Å². The second-order valence-corrected chi connectivity index (χ2v) is 3.03. The molecule has 0 saturated heterocycles. The summed E-state index contributed by atoms with van der Waals surface area (Å²) in [6.45, 7) is 2.04. The van der Waals surface area contributed by atoms with Gasteiger partial charge in [-0.15, -0.1) is 0 Å². The Hall–Kier alpha value is -0.850. The smallest absolute Gasteiger partial charge is 0.162 e. The predicted molar refractivity (Wildman–Crippen MR) is 55.4 cm³/mol. The molecule has 0 saturated carbocycles. The van der Waals surface area contributed by atoms with E-state index in [0.717, 1.165) is 11.3 Å². The number of rotatable bonds is 1. The lowest BCUT2D eigenvalue weighted by Crippen LogP contribution is -1.95. The van der Waals surface area contributed by atoms with Crippen LogP contribution in [0.25, 0.3) is 5.52 Å². The van der Waals surface area contributed by atoms with Gasteiger partial charge >= 0.3 is 0 Å². The molecule has 2 rings (SSSR count). The van der Waals surface area contributed by atoms with Crippen LogP contribution < -0.4 is 3.53 Å². The number of fused-ring (bicyclic) bond motifs is 1. The molecule has 0 unspecified atom stereocenters. The monoisotopic (exact) mass is 274 g/mol. The van der Waals surface area contributed by atoms with Crippen molar-refractivity contribution >= 4 is 34.2 Å². The van der Waals surface area contributed by atoms with Gasteiger partial charge in [-0.1, -0.05) is 0 Å². The van der Waals surface area contributed by atoms with Crippen molar-refractivity contribution in [1.29, 1.82) is 0 Å². The van der Waals surface area contributed by atoms with Crippen LogP contribution in [0.5, 0.6) is 0 Å². The maximum absolute atomic E-state index is 4.11. The van der Waals surface area contributed by atoms with Gasteiger partial charge in [0.2, 0.25) is 0 Å². The van der Waals surface area contributed by atoms with Crippen LogP contribution in [0, 0.1) is 6.92 Å². The molecule has 1 N–H and O–H groups in total. The molecule has 2 aromatic rings. The molecule has 0 aliphatic heterocycles. The maximum Gasteiger partial charge on any atom is 0.162 e. The third kappa shape index (κ3) is 1.04. The molecule has 2 aromatic heterocycles. The zero-order valence-corrected chi connectivity index (χ0v) is 8.61. The molecule has 5 heteroatoms. The van der Waals surface area contributed by atoms with E-state index < -0.39 is 0 Å². The predicted octanol–water partition coefficient (Wildman–Crippen LogP) is 1.80. The van der Waals surface area contributed by atoms with Gasteiger partial charge in [0.25, 0.3) is 0 Å². The maximum atomic E-state index is 4.11. The molecule has 0 aromatic carbocycles. The quantitative estimate of drug-likeness (QED) is 0.637. The van der Waals surface area contributed by atoms with E-state index in [1.54, 1.807) is 0 Å². The fourth-order valence-electron chi connectivity index (χ4n) is 1.18. The minimum absolute atomic E-state index is 0.855. The first-order chi connectivity index (χ1) is 5.83. The molecule has 2 heterocycles. The topological polar surface area (TPSA) is 42.2 Å². The highest BCUT2D eigenvalue weighted by molar-refractivity contribution is 14.1. The minimum atomic E-state index is 0.855. The van der Waals surface area contributed by atoms with Crippen molar-refractivity contribution in [3.8, 4) is 0 Å². The van der Waals surface area contributed by atoms with Crippen LogP contribution >= 0.6 is 22.9 Å². The Kier molecular flexibility index (Phi) is 1.87. The molecule has 0 atom stereocenters. The summed E-state index contributed by atoms with van der Waals surface area (Å²) in [4.78, 5) is 4.11. The number of aromatic nitrogens is 3. The number of nitrogens with one attached hydrogen (secondary N) is 1. The van der Waals surface area contributed by atoms with Gasteiger partial charge in [0.15, 0.2) is 5.82 Å². The Balaban J connectivity index is 2.84. The summed E-state index contributed by atoms with van der Waals surface area (Å²) in [7, 11) is 0. The van der Waals surface area contributed by atoms with Crippen LogP contribution in [0.3, 0.4) is 0 Å². The third-order valence-corrected chi connectivity index (χ3v) is 2.26. The molecule has 12 heavy (non-hydrogen) atoms. The van der Waals surface area contributed by atoms with E-state index in [0.29, 0.717) is 0 Å². The summed E-state index contributed by atoms with van der Waals surface area (Å²) < 4.78 is 4.80. The largest absolute Gasteiger partial charge is 0.311 e. The Labute approximate surface area is 83.5 Å². The second kappa shape index (κ2) is 2.89. The lowest BCUT2D eigenvalue weighted by atomic mass is 10.3. The highest BCUT2D eigenvalue weighted by Gasteiger charge is 2.04. The number of hydrogen-bond donors (Lipinski definition) is 1. The summed E-state index contributed by atoms with van der Waals surface area (Å²) in [6, 6.07) is 2.02. The van der Waals surface area contributed by atoms with Crippen molar-refractivity contribution in [2.45, 2.75) is 6.92 Å². The number of anilines is 1. The Morgan fingerprint density at radius 2 is 2.42 bits per heavy atom. The van der Waals surface area contributed by atoms with Gasteiger partial charge in [0.1, 0.15) is 11.8 Å². The van der Waals surface area contributed by atoms with E-state index in [4.69, 9.17) is 0 Å². The van der Waals surface area contributed by atoms with Crippen LogP contribution in [0.1, 0.15) is 5.56 Å². The van der Waals surface area contributed by atoms with Gasteiger partial charge in [-0.25, -0.2) is 9.50 Å². The van der Waals surface area contributed by atoms with Crippen molar-refractivity contribution in [2.75, 3.05) is 3.53 Å². The lowest BCUT2D eigenvalue weighted by Gasteiger charge is -2.00. The minimum Gasteiger partial charge on any atom is -0.311 e. The highest BCUT2D eigenvalue weighted by atomic mass is 127. The number of hydrogen-bond acceptors (Lipinski definition) is 3. The van der Waals surface area contributed by atoms with Gasteiger partial charge in [-0.2, -0.15) is 5.10 Å². The molecular weight excluding hydrogens is 267 g/mol. The summed E-state index contributed by atoms with van der Waals surface area (Å²) in [5.41, 5.74) is 2.21. The van der Waals surface area contributed by atoms with Crippen molar-refractivity contribution in [3.63, 3.8) is 0 Å². The molecule has 0 spiro atoms. The van der Waals surface area contributed by atoms with Gasteiger partial charge < -0.3 is 3.53 Å². The first kappa shape index (κ1) is 7.78. The van der Waals surface area contributed by atoms with E-state index in [1.807, 2.05) is 23.7 Å². The molecular formula is C7H7IN4. The first-order valence-electron chi connectivity index (χ1n) is 3.48. The Morgan fingerprint density at radius 1 is 1.58 bits per heavy atom. The van der Waals surface area contributed by atoms with Crippen molar-refractivity contribution < 1.29 is 0 Å². The van der Waals surface area contributed by atoms with Gasteiger partial charge in [-0.05, 0) is 18.6 Å². The third-order valence-electron chi connectivity index (χ3n) is 1.75. The van der Waals surface area contributed by atoms with Crippen molar-refractivity contribution in [3.05, 3.63) is 24.2 Å². The van der Waals surface area contributed by atoms with E-state index >= 15 is 0 Å². The number of aryl methyl sites for hydroxylation is 1. The molecule has 0 aliphatic carbocycles. The fourth-order valence-corrected chi connectivity index (χ4v) is 1.57. The molecule has 0 radical (unpaired) electrons. The van der Waals surface area contributed by atoms with E-state index in [1.165, 1.54) is 11.9 Å². The Bertz CT molecular complexity index is 409. The van der Waals surface area contributed by atoms with E-state index in [2.05, 4.69) is 36.5 Å². The molecule has 0 amide bonds. The SMILES string of the molecule is Cc1ccn2ncnc(NI)c12. The zero-order valence-electron chi connectivity index (χ0n) is 6.45. The van der Waals surface area contributed by atoms with E-state index in [-0.39, 0.29) is 0 Å². The summed E-state index contributed by atoms with van der Waals surface area (Å²) in [5.74, 6) is 0.855. The lowest BCUT2D eigenvalue weighted by molar-refractivity contribution is 0.907. The molecule has 0 aliphatic rings. The normalized spacial score (nSPS) is 10.5. The molecule has 0 fully saturated rings. The number of halogens is 1. The van der Waals surface area contributed by atoms with E-state index in [9.17, 15) is 0 Å². The van der Waals surface area contributed by atoms with Gasteiger partial charge in [0, 0.05) is 6.20 Å². The Morgan fingerprint density at radius 3 is 3.17 bits per heavy atom. The average Bonchev–Trinajstić information content (AvgIpc) is 2.48. The molecule has 62 valence electrons. The molecule has 0 bridgehead atoms. The highest BCUT2D eigenvalue weighted by Crippen LogP contribution is 2.18. The fraction of sp³-hybridized carbons (Fsp3) is 0.143. The van der Waals surface area contributed by atoms with Gasteiger partial charge in [-0.3, -0.25) is 0 Å². The molecule has 4 nitrogen and oxygen atoms in total. The van der Waals surface area contributed by atoms with Crippen molar-refractivity contribution in [1.82, 2.24) is 14.6 Å². The van der Waals surface area contributed by atoms with Crippen LogP contribution in [0.4, 0.5) is 5.82 Å². The summed E-state index contributed by atoms with van der Waals surface area (Å²) >= 11 is 2.06. The van der Waals surface area contributed by atoms with Crippen molar-refractivity contribution in [2.24, 2.45) is 0 Å². The first-order valence-corrected chi connectivity index (χ1v) is 4.56. The summed E-state index contributed by atoms with van der Waals surface area (Å²) in [6.07, 6.45) is 3.46. The zero-order chi connectivity index (χ0) is 8.55. The summed E-state index contributed by atoms with van der Waals surface area (Å²) in [5, 5.41) is 4.07. The number of nitrogens with zero attached hydrogens (tertiary/aromatic N) is 3. The van der Waals surface area contributed by atoms with Crippen LogP contribution in [0.2, 0.25) is 0 Å².